The third-order valence-corrected chi connectivity index (χ3v) is 3.60. The first kappa shape index (κ1) is 13.4. The smallest absolute Gasteiger partial charge is 0.356 e. The number of carbonyl (C=O) groups is 1. The minimum atomic E-state index is -1.02. The molecule has 0 amide bonds. The Balaban J connectivity index is 2.13. The fourth-order valence-corrected chi connectivity index (χ4v) is 2.55. The summed E-state index contributed by atoms with van der Waals surface area (Å²) in [5.74, 6) is -0.0895. The predicted octanol–water partition coefficient (Wildman–Crippen LogP) is 1.48. The second-order valence-corrected chi connectivity index (χ2v) is 5.02. The lowest BCUT2D eigenvalue weighted by atomic mass is 10.0. The van der Waals surface area contributed by atoms with Gasteiger partial charge in [-0.1, -0.05) is 24.3 Å². The van der Waals surface area contributed by atoms with Crippen LogP contribution in [0.4, 0.5) is 0 Å². The van der Waals surface area contributed by atoms with Gasteiger partial charge in [0.2, 0.25) is 0 Å². The molecule has 0 fully saturated rings. The van der Waals surface area contributed by atoms with Gasteiger partial charge in [0.15, 0.2) is 5.69 Å². The summed E-state index contributed by atoms with van der Waals surface area (Å²) in [5, 5.41) is 13.1. The average molecular weight is 284 g/mol. The molecule has 0 unspecified atom stereocenters. The van der Waals surface area contributed by atoms with Crippen molar-refractivity contribution in [1.82, 2.24) is 14.7 Å². The van der Waals surface area contributed by atoms with E-state index in [4.69, 9.17) is 5.11 Å². The van der Waals surface area contributed by atoms with Crippen molar-refractivity contribution in [2.75, 3.05) is 20.1 Å². The molecule has 1 aliphatic rings. The number of hydrogen-bond donors (Lipinski definition) is 1. The van der Waals surface area contributed by atoms with E-state index in [-0.39, 0.29) is 5.69 Å². The zero-order valence-corrected chi connectivity index (χ0v) is 11.9. The number of rotatable bonds is 3. The van der Waals surface area contributed by atoms with Crippen molar-refractivity contribution >= 4 is 11.8 Å². The van der Waals surface area contributed by atoms with E-state index in [1.807, 2.05) is 31.3 Å². The number of hydrogen-bond acceptors (Lipinski definition) is 4. The Kier molecular flexibility index (Phi) is 3.21. The van der Waals surface area contributed by atoms with Gasteiger partial charge in [-0.15, -0.1) is 0 Å². The molecule has 1 N–H and O–H groups in total. The molecule has 1 aromatic carbocycles. The quantitative estimate of drug-likeness (QED) is 0.926. The Morgan fingerprint density at radius 1 is 1.24 bits per heavy atom. The number of amidine groups is 1. The minimum absolute atomic E-state index is 0.0454. The Bertz CT molecular complexity index is 733. The lowest BCUT2D eigenvalue weighted by molar-refractivity contribution is 0.0689. The summed E-state index contributed by atoms with van der Waals surface area (Å²) in [5.41, 5.74) is 2.75. The van der Waals surface area contributed by atoms with Crippen molar-refractivity contribution in [3.63, 3.8) is 0 Å². The Morgan fingerprint density at radius 3 is 2.52 bits per heavy atom. The lowest BCUT2D eigenvalue weighted by Gasteiger charge is -2.16. The van der Waals surface area contributed by atoms with Crippen molar-refractivity contribution in [3.05, 3.63) is 41.6 Å². The van der Waals surface area contributed by atoms with E-state index in [0.717, 1.165) is 35.7 Å². The topological polar surface area (TPSA) is 70.7 Å². The van der Waals surface area contributed by atoms with Crippen LogP contribution in [0.15, 0.2) is 35.3 Å². The molecule has 0 atom stereocenters. The molecule has 2 aromatic rings. The Labute approximate surface area is 122 Å². The van der Waals surface area contributed by atoms with Gasteiger partial charge in [0, 0.05) is 31.8 Å². The van der Waals surface area contributed by atoms with E-state index in [1.165, 1.54) is 0 Å². The second-order valence-electron chi connectivity index (χ2n) is 5.02. The highest BCUT2D eigenvalue weighted by Crippen LogP contribution is 2.26. The molecule has 6 heteroatoms. The molecule has 0 spiro atoms. The summed E-state index contributed by atoms with van der Waals surface area (Å²) < 4.78 is 1.60. The summed E-state index contributed by atoms with van der Waals surface area (Å²) in [4.78, 5) is 17.7. The zero-order chi connectivity index (χ0) is 15.0. The van der Waals surface area contributed by atoms with Gasteiger partial charge in [-0.2, -0.15) is 5.10 Å². The summed E-state index contributed by atoms with van der Waals surface area (Å²) in [6.45, 7) is 1.68. The van der Waals surface area contributed by atoms with Crippen LogP contribution in [-0.4, -0.2) is 51.7 Å². The van der Waals surface area contributed by atoms with Crippen LogP contribution in [0.3, 0.4) is 0 Å². The SMILES string of the molecule is CN1CCN=C1c1ccccc1-c1cc(C(=O)O)nn1C. The van der Waals surface area contributed by atoms with Crippen LogP contribution in [0, 0.1) is 0 Å². The van der Waals surface area contributed by atoms with Crippen molar-refractivity contribution in [2.24, 2.45) is 12.0 Å². The van der Waals surface area contributed by atoms with Crippen LogP contribution in [0.25, 0.3) is 11.3 Å². The Morgan fingerprint density at radius 2 is 1.95 bits per heavy atom. The maximum atomic E-state index is 11.1. The molecule has 0 saturated carbocycles. The molecule has 1 aliphatic heterocycles. The number of benzene rings is 1. The first-order chi connectivity index (χ1) is 10.1. The molecule has 108 valence electrons. The molecule has 1 aromatic heterocycles. The predicted molar refractivity (Wildman–Crippen MR) is 79.6 cm³/mol. The first-order valence-electron chi connectivity index (χ1n) is 6.70. The minimum Gasteiger partial charge on any atom is -0.476 e. The monoisotopic (exact) mass is 284 g/mol. The summed E-state index contributed by atoms with van der Waals surface area (Å²) in [6.07, 6.45) is 0. The number of aryl methyl sites for hydroxylation is 1. The van der Waals surface area contributed by atoms with Gasteiger partial charge in [-0.25, -0.2) is 4.79 Å². The van der Waals surface area contributed by atoms with Crippen molar-refractivity contribution in [1.29, 1.82) is 0 Å². The fraction of sp³-hybridized carbons (Fsp3) is 0.267. The molecule has 3 rings (SSSR count). The van der Waals surface area contributed by atoms with Gasteiger partial charge in [0.25, 0.3) is 0 Å². The van der Waals surface area contributed by atoms with Crippen molar-refractivity contribution < 1.29 is 9.90 Å². The van der Waals surface area contributed by atoms with Crippen LogP contribution in [0.5, 0.6) is 0 Å². The van der Waals surface area contributed by atoms with Crippen LogP contribution >= 0.6 is 0 Å². The maximum absolute atomic E-state index is 11.1. The van der Waals surface area contributed by atoms with Gasteiger partial charge in [0.1, 0.15) is 5.84 Å². The van der Waals surface area contributed by atoms with Crippen LogP contribution in [0.1, 0.15) is 16.1 Å². The van der Waals surface area contributed by atoms with Gasteiger partial charge in [-0.3, -0.25) is 9.67 Å². The van der Waals surface area contributed by atoms with Gasteiger partial charge < -0.3 is 10.0 Å². The standard InChI is InChI=1S/C15H16N4O2/c1-18-8-7-16-14(18)11-6-4-3-5-10(11)13-9-12(15(20)21)17-19(13)2/h3-6,9H,7-8H2,1-2H3,(H,20,21). The zero-order valence-electron chi connectivity index (χ0n) is 11.9. The highest BCUT2D eigenvalue weighted by Gasteiger charge is 2.21. The molecule has 2 heterocycles. The number of likely N-dealkylation sites (N-methyl/N-ethyl adjacent to an activating group) is 1. The fourth-order valence-electron chi connectivity index (χ4n) is 2.55. The molecule has 0 aliphatic carbocycles. The highest BCUT2D eigenvalue weighted by molar-refractivity contribution is 6.05. The lowest BCUT2D eigenvalue weighted by Crippen LogP contribution is -2.24. The third-order valence-electron chi connectivity index (χ3n) is 3.60. The molecule has 6 nitrogen and oxygen atoms in total. The number of nitrogens with zero attached hydrogens (tertiary/aromatic N) is 4. The molecule has 0 saturated heterocycles. The molecule has 0 bridgehead atoms. The number of aliphatic imine (C=N–C) groups is 1. The molecular formula is C15H16N4O2. The van der Waals surface area contributed by atoms with E-state index in [9.17, 15) is 4.79 Å². The van der Waals surface area contributed by atoms with E-state index < -0.39 is 5.97 Å². The maximum Gasteiger partial charge on any atom is 0.356 e. The third kappa shape index (κ3) is 2.29. The van der Waals surface area contributed by atoms with Crippen molar-refractivity contribution in [2.45, 2.75) is 0 Å². The van der Waals surface area contributed by atoms with Gasteiger partial charge in [0.05, 0.1) is 12.2 Å². The summed E-state index contributed by atoms with van der Waals surface area (Å²) in [6, 6.07) is 9.45. The number of aromatic carboxylic acids is 1. The van der Waals surface area contributed by atoms with Crippen molar-refractivity contribution in [3.8, 4) is 11.3 Å². The van der Waals surface area contributed by atoms with E-state index in [0.29, 0.717) is 0 Å². The van der Waals surface area contributed by atoms with Crippen LogP contribution in [-0.2, 0) is 7.05 Å². The first-order valence-corrected chi connectivity index (χ1v) is 6.70. The van der Waals surface area contributed by atoms with E-state index in [2.05, 4.69) is 15.0 Å². The second kappa shape index (κ2) is 5.05. The molecular weight excluding hydrogens is 268 g/mol. The van der Waals surface area contributed by atoms with E-state index >= 15 is 0 Å². The summed E-state index contributed by atoms with van der Waals surface area (Å²) in [7, 11) is 3.76. The van der Waals surface area contributed by atoms with Gasteiger partial charge >= 0.3 is 5.97 Å². The summed E-state index contributed by atoms with van der Waals surface area (Å²) >= 11 is 0. The Hall–Kier alpha value is -2.63. The molecule has 21 heavy (non-hydrogen) atoms. The van der Waals surface area contributed by atoms with E-state index in [1.54, 1.807) is 17.8 Å². The average Bonchev–Trinajstić information content (AvgIpc) is 3.05. The van der Waals surface area contributed by atoms with Crippen LogP contribution in [0.2, 0.25) is 0 Å². The van der Waals surface area contributed by atoms with Gasteiger partial charge in [-0.05, 0) is 6.07 Å². The van der Waals surface area contributed by atoms with Crippen LogP contribution < -0.4 is 0 Å². The molecule has 0 radical (unpaired) electrons. The largest absolute Gasteiger partial charge is 0.476 e. The number of carboxylic acids is 1. The number of aromatic nitrogens is 2. The normalized spacial score (nSPS) is 14.4. The highest BCUT2D eigenvalue weighted by atomic mass is 16.4. The number of carboxylic acid groups (broad SMARTS) is 1.